The van der Waals surface area contributed by atoms with E-state index < -0.39 is 21.8 Å². The normalized spacial score (nSPS) is 21.8. The van der Waals surface area contributed by atoms with E-state index in [1.54, 1.807) is 0 Å². The molecule has 0 bridgehead atoms. The number of amides is 2. The van der Waals surface area contributed by atoms with Crippen molar-refractivity contribution in [3.8, 4) is 0 Å². The van der Waals surface area contributed by atoms with E-state index in [0.717, 1.165) is 0 Å². The number of sulfonamides is 1. The second kappa shape index (κ2) is 6.65. The highest BCUT2D eigenvalue weighted by molar-refractivity contribution is 7.89. The van der Waals surface area contributed by atoms with Gasteiger partial charge in [0.2, 0.25) is 10.0 Å². The first-order chi connectivity index (χ1) is 10.7. The summed E-state index contributed by atoms with van der Waals surface area (Å²) in [6.07, 6.45) is -0.269. The van der Waals surface area contributed by atoms with Crippen LogP contribution in [0.5, 0.6) is 0 Å². The number of hydrogen-bond acceptors (Lipinski definition) is 5. The maximum absolute atomic E-state index is 12.2. The smallest absolute Gasteiger partial charge is 0.313 e. The molecule has 2 unspecified atom stereocenters. The maximum Gasteiger partial charge on any atom is 0.313 e. The molecule has 0 aliphatic carbocycles. The summed E-state index contributed by atoms with van der Waals surface area (Å²) in [6, 6.07) is 5.26. The average molecular weight is 341 g/mol. The molecular weight excluding hydrogens is 322 g/mol. The number of nitrogens with zero attached hydrogens (tertiary/aromatic N) is 1. The van der Waals surface area contributed by atoms with Crippen molar-refractivity contribution in [1.29, 1.82) is 0 Å². The Balaban J connectivity index is 2.02. The summed E-state index contributed by atoms with van der Waals surface area (Å²) in [6.45, 7) is 4.36. The van der Waals surface area contributed by atoms with Crippen molar-refractivity contribution >= 4 is 27.5 Å². The van der Waals surface area contributed by atoms with Gasteiger partial charge in [-0.25, -0.2) is 13.6 Å². The summed E-state index contributed by atoms with van der Waals surface area (Å²) in [5.41, 5.74) is 0.310. The van der Waals surface area contributed by atoms with Gasteiger partial charge in [0.25, 0.3) is 0 Å². The van der Waals surface area contributed by atoms with Crippen molar-refractivity contribution in [2.75, 3.05) is 18.4 Å². The van der Waals surface area contributed by atoms with E-state index in [2.05, 4.69) is 5.32 Å². The molecular formula is C14H19N3O5S. The Morgan fingerprint density at radius 2 is 1.70 bits per heavy atom. The fraction of sp³-hybridized carbons (Fsp3) is 0.429. The Bertz CT molecular complexity index is 692. The summed E-state index contributed by atoms with van der Waals surface area (Å²) >= 11 is 0. The van der Waals surface area contributed by atoms with Crippen LogP contribution in [0.2, 0.25) is 0 Å². The molecule has 0 spiro atoms. The molecule has 0 radical (unpaired) electrons. The topological polar surface area (TPSA) is 119 Å². The monoisotopic (exact) mass is 341 g/mol. The van der Waals surface area contributed by atoms with Gasteiger partial charge < -0.3 is 15.0 Å². The van der Waals surface area contributed by atoms with Crippen molar-refractivity contribution in [2.45, 2.75) is 31.0 Å². The molecule has 23 heavy (non-hydrogen) atoms. The van der Waals surface area contributed by atoms with Crippen LogP contribution in [0.4, 0.5) is 5.69 Å². The van der Waals surface area contributed by atoms with Crippen LogP contribution in [0.3, 0.4) is 0 Å². The van der Waals surface area contributed by atoms with Crippen LogP contribution in [-0.2, 0) is 24.3 Å². The van der Waals surface area contributed by atoms with Crippen LogP contribution in [0.25, 0.3) is 0 Å². The van der Waals surface area contributed by atoms with Crippen LogP contribution < -0.4 is 10.5 Å². The van der Waals surface area contributed by atoms with Crippen LogP contribution in [-0.4, -0.2) is 50.4 Å². The van der Waals surface area contributed by atoms with Crippen LogP contribution in [0.1, 0.15) is 13.8 Å². The highest BCUT2D eigenvalue weighted by Gasteiger charge is 2.29. The molecule has 1 heterocycles. The number of primary sulfonamides is 1. The first-order valence-electron chi connectivity index (χ1n) is 7.05. The van der Waals surface area contributed by atoms with Crippen LogP contribution in [0, 0.1) is 0 Å². The number of carbonyl (C=O) groups excluding carboxylic acids is 2. The second-order valence-electron chi connectivity index (χ2n) is 5.49. The number of benzene rings is 1. The predicted octanol–water partition coefficient (Wildman–Crippen LogP) is -0.0917. The van der Waals surface area contributed by atoms with Gasteiger partial charge in [-0.05, 0) is 38.1 Å². The molecule has 1 aliphatic rings. The number of nitrogens with two attached hydrogens (primary N) is 1. The Morgan fingerprint density at radius 3 is 2.17 bits per heavy atom. The second-order valence-corrected chi connectivity index (χ2v) is 7.05. The third kappa shape index (κ3) is 4.50. The fourth-order valence-corrected chi connectivity index (χ4v) is 2.92. The van der Waals surface area contributed by atoms with Gasteiger partial charge in [0.15, 0.2) is 0 Å². The molecule has 3 N–H and O–H groups in total. The molecule has 8 nitrogen and oxygen atoms in total. The molecule has 2 rings (SSSR count). The Morgan fingerprint density at radius 1 is 1.17 bits per heavy atom. The molecule has 1 saturated heterocycles. The number of anilines is 1. The summed E-state index contributed by atoms with van der Waals surface area (Å²) < 4.78 is 27.8. The van der Waals surface area contributed by atoms with E-state index in [1.165, 1.54) is 29.2 Å². The third-order valence-electron chi connectivity index (χ3n) is 3.34. The predicted molar refractivity (Wildman–Crippen MR) is 83.0 cm³/mol. The van der Waals surface area contributed by atoms with E-state index in [-0.39, 0.29) is 17.1 Å². The third-order valence-corrected chi connectivity index (χ3v) is 4.27. The number of hydrogen-bond donors (Lipinski definition) is 2. The fourth-order valence-electron chi connectivity index (χ4n) is 2.40. The molecule has 9 heteroatoms. The van der Waals surface area contributed by atoms with Gasteiger partial charge in [0.1, 0.15) is 0 Å². The summed E-state index contributed by atoms with van der Waals surface area (Å²) in [5.74, 6) is -1.43. The average Bonchev–Trinajstić information content (AvgIpc) is 2.45. The number of rotatable bonds is 2. The van der Waals surface area contributed by atoms with Crippen molar-refractivity contribution in [3.05, 3.63) is 24.3 Å². The Hall–Kier alpha value is -1.97. The van der Waals surface area contributed by atoms with Gasteiger partial charge in [-0.3, -0.25) is 9.59 Å². The van der Waals surface area contributed by atoms with Crippen molar-refractivity contribution in [3.63, 3.8) is 0 Å². The molecule has 0 aromatic heterocycles. The van der Waals surface area contributed by atoms with Gasteiger partial charge in [-0.2, -0.15) is 0 Å². The molecule has 2 atom stereocenters. The number of carbonyl (C=O) groups is 2. The van der Waals surface area contributed by atoms with E-state index in [0.29, 0.717) is 18.8 Å². The molecule has 1 aromatic carbocycles. The molecule has 0 saturated carbocycles. The Labute approximate surface area is 134 Å². The first kappa shape index (κ1) is 17.4. The zero-order valence-corrected chi connectivity index (χ0v) is 13.7. The van der Waals surface area contributed by atoms with Crippen LogP contribution in [0.15, 0.2) is 29.2 Å². The minimum Gasteiger partial charge on any atom is -0.372 e. The standard InChI is InChI=1S/C14H19N3O5S/c1-9-7-17(8-10(2)22-9)14(19)13(18)16-11-3-5-12(6-4-11)23(15,20)21/h3-6,9-10H,7-8H2,1-2H3,(H,16,18)(H2,15,20,21). The minimum absolute atomic E-state index is 0.0716. The quantitative estimate of drug-likeness (QED) is 0.729. The van der Waals surface area contributed by atoms with E-state index in [4.69, 9.17) is 9.88 Å². The van der Waals surface area contributed by atoms with Crippen molar-refractivity contribution in [1.82, 2.24) is 4.90 Å². The lowest BCUT2D eigenvalue weighted by molar-refractivity contribution is -0.151. The molecule has 126 valence electrons. The van der Waals surface area contributed by atoms with Gasteiger partial charge in [-0.15, -0.1) is 0 Å². The minimum atomic E-state index is -3.80. The molecule has 1 fully saturated rings. The largest absolute Gasteiger partial charge is 0.372 e. The molecule has 2 amide bonds. The number of nitrogens with one attached hydrogen (secondary N) is 1. The lowest BCUT2D eigenvalue weighted by atomic mass is 10.2. The van der Waals surface area contributed by atoms with Crippen molar-refractivity contribution < 1.29 is 22.7 Å². The maximum atomic E-state index is 12.2. The van der Waals surface area contributed by atoms with Crippen molar-refractivity contribution in [2.24, 2.45) is 5.14 Å². The zero-order valence-electron chi connectivity index (χ0n) is 12.9. The number of morpholine rings is 1. The van der Waals surface area contributed by atoms with E-state index in [9.17, 15) is 18.0 Å². The van der Waals surface area contributed by atoms with Gasteiger partial charge >= 0.3 is 11.8 Å². The summed E-state index contributed by atoms with van der Waals surface area (Å²) in [7, 11) is -3.80. The van der Waals surface area contributed by atoms with Crippen LogP contribution >= 0.6 is 0 Å². The lowest BCUT2D eigenvalue weighted by Gasteiger charge is -2.34. The summed E-state index contributed by atoms with van der Waals surface area (Å²) in [4.78, 5) is 25.5. The highest BCUT2D eigenvalue weighted by Crippen LogP contribution is 2.14. The number of ether oxygens (including phenoxy) is 1. The van der Waals surface area contributed by atoms with Gasteiger partial charge in [-0.1, -0.05) is 0 Å². The van der Waals surface area contributed by atoms with E-state index >= 15 is 0 Å². The van der Waals surface area contributed by atoms with E-state index in [1.807, 2.05) is 13.8 Å². The lowest BCUT2D eigenvalue weighted by Crippen LogP contribution is -2.51. The molecule has 1 aromatic rings. The zero-order chi connectivity index (χ0) is 17.2. The highest BCUT2D eigenvalue weighted by atomic mass is 32.2. The first-order valence-corrected chi connectivity index (χ1v) is 8.60. The summed E-state index contributed by atoms with van der Waals surface area (Å²) in [5, 5.41) is 7.43. The van der Waals surface area contributed by atoms with Gasteiger partial charge in [0, 0.05) is 18.8 Å². The molecule has 1 aliphatic heterocycles. The van der Waals surface area contributed by atoms with Gasteiger partial charge in [0.05, 0.1) is 17.1 Å². The SMILES string of the molecule is CC1CN(C(=O)C(=O)Nc2ccc(S(N)(=O)=O)cc2)CC(C)O1. The Kier molecular flexibility index (Phi) is 5.03.